The molecule has 0 aliphatic carbocycles. The largest absolute Gasteiger partial charge is 0.618 e. The molecule has 6 nitrogen and oxygen atoms in total. The Balaban J connectivity index is 2.41. The lowest BCUT2D eigenvalue weighted by molar-refractivity contribution is -0.584. The average Bonchev–Trinajstić information content (AvgIpc) is 2.90. The number of aryl methyl sites for hydroxylation is 4. The zero-order valence-electron chi connectivity index (χ0n) is 16.2. The number of benzene rings is 1. The normalized spacial score (nSPS) is 11.2. The van der Waals surface area contributed by atoms with Crippen molar-refractivity contribution in [2.75, 3.05) is 7.11 Å². The first-order valence-electron chi connectivity index (χ1n) is 8.45. The van der Waals surface area contributed by atoms with Gasteiger partial charge in [0, 0.05) is 30.7 Å². The number of carbonyl (C=O) groups is 1. The topological polar surface area (TPSA) is 71.1 Å². The minimum absolute atomic E-state index is 0.191. The molecule has 0 spiro atoms. The molecule has 0 fully saturated rings. The molecule has 0 radical (unpaired) electrons. The van der Waals surface area contributed by atoms with Crippen molar-refractivity contribution in [1.82, 2.24) is 9.78 Å². The summed E-state index contributed by atoms with van der Waals surface area (Å²) in [5.41, 5.74) is 5.38. The highest BCUT2D eigenvalue weighted by Crippen LogP contribution is 2.31. The van der Waals surface area contributed by atoms with Crippen LogP contribution in [0.15, 0.2) is 12.1 Å². The predicted molar refractivity (Wildman–Crippen MR) is 99.8 cm³/mol. The molecule has 0 amide bonds. The molecule has 0 bridgehead atoms. The Kier molecular flexibility index (Phi) is 4.22. The lowest BCUT2D eigenvalue weighted by atomic mass is 9.92. The Morgan fingerprint density at radius 1 is 1.15 bits per heavy atom. The fraction of sp³-hybridized carbons (Fsp3) is 0.350. The van der Waals surface area contributed by atoms with Crippen molar-refractivity contribution < 1.29 is 14.3 Å². The van der Waals surface area contributed by atoms with Crippen molar-refractivity contribution in [2.45, 2.75) is 34.6 Å². The van der Waals surface area contributed by atoms with Crippen LogP contribution in [0, 0.1) is 39.8 Å². The zero-order valence-corrected chi connectivity index (χ0v) is 16.2. The van der Waals surface area contributed by atoms with E-state index in [0.29, 0.717) is 39.3 Å². The molecule has 0 aliphatic heterocycles. The van der Waals surface area contributed by atoms with Crippen molar-refractivity contribution in [1.29, 1.82) is 0 Å². The molecule has 2 aromatic heterocycles. The number of aromatic nitrogens is 3. The number of hydrogen-bond donors (Lipinski definition) is 0. The van der Waals surface area contributed by atoms with Gasteiger partial charge in [-0.1, -0.05) is 6.07 Å². The lowest BCUT2D eigenvalue weighted by Gasteiger charge is -2.15. The van der Waals surface area contributed by atoms with E-state index in [1.165, 1.54) is 7.11 Å². The van der Waals surface area contributed by atoms with Crippen molar-refractivity contribution >= 4 is 16.7 Å². The first kappa shape index (κ1) is 17.9. The van der Waals surface area contributed by atoms with E-state index in [2.05, 4.69) is 5.10 Å². The number of ether oxygens (including phenoxy) is 1. The number of fused-ring (bicyclic) bond motifs is 1. The molecule has 0 N–H and O–H groups in total. The maximum Gasteiger partial charge on any atom is 0.227 e. The summed E-state index contributed by atoms with van der Waals surface area (Å²) >= 11 is 0. The Hall–Kier alpha value is -2.89. The predicted octanol–water partition coefficient (Wildman–Crippen LogP) is 2.99. The SMILES string of the molecule is COc1c(C(=O)c2ccc(C)c3c2c(C)c(C)c(C)[n+]3[O-])c(C)nn1C. The van der Waals surface area contributed by atoms with E-state index in [1.807, 2.05) is 26.8 Å². The summed E-state index contributed by atoms with van der Waals surface area (Å²) in [6, 6.07) is 3.60. The lowest BCUT2D eigenvalue weighted by Crippen LogP contribution is -2.33. The van der Waals surface area contributed by atoms with Gasteiger partial charge in [-0.25, -0.2) is 4.68 Å². The number of methoxy groups -OCH3 is 1. The first-order valence-corrected chi connectivity index (χ1v) is 8.45. The molecule has 3 aromatic rings. The Morgan fingerprint density at radius 2 is 1.81 bits per heavy atom. The summed E-state index contributed by atoms with van der Waals surface area (Å²) in [4.78, 5) is 13.4. The fourth-order valence-corrected chi connectivity index (χ4v) is 3.57. The maximum atomic E-state index is 13.4. The Morgan fingerprint density at radius 3 is 2.42 bits per heavy atom. The van der Waals surface area contributed by atoms with Gasteiger partial charge in [0.15, 0.2) is 5.69 Å². The first-order chi connectivity index (χ1) is 12.2. The molecule has 0 aliphatic rings. The van der Waals surface area contributed by atoms with Crippen LogP contribution < -0.4 is 9.47 Å². The van der Waals surface area contributed by atoms with Crippen LogP contribution in [-0.4, -0.2) is 22.7 Å². The third-order valence-corrected chi connectivity index (χ3v) is 5.20. The third kappa shape index (κ3) is 2.36. The minimum Gasteiger partial charge on any atom is -0.618 e. The standard InChI is InChI=1S/C20H23N3O3/c1-10-8-9-15(16-12(3)11(2)14(5)23(25)18(10)16)19(24)17-13(4)21-22(6)20(17)26-7/h8-9H,1-7H3. The molecular formula is C20H23N3O3. The number of pyridine rings is 1. The molecule has 136 valence electrons. The van der Waals surface area contributed by atoms with Gasteiger partial charge in [-0.05, 0) is 39.3 Å². The van der Waals surface area contributed by atoms with Gasteiger partial charge in [-0.2, -0.15) is 9.83 Å². The van der Waals surface area contributed by atoms with Gasteiger partial charge in [-0.3, -0.25) is 4.79 Å². The second-order valence-electron chi connectivity index (χ2n) is 6.71. The van der Waals surface area contributed by atoms with E-state index in [9.17, 15) is 10.0 Å². The molecule has 6 heteroatoms. The summed E-state index contributed by atoms with van der Waals surface area (Å²) in [5.74, 6) is 0.224. The van der Waals surface area contributed by atoms with Crippen LogP contribution in [0.4, 0.5) is 0 Å². The molecule has 2 heterocycles. The van der Waals surface area contributed by atoms with Crippen molar-refractivity contribution in [2.24, 2.45) is 7.05 Å². The number of nitrogens with zero attached hydrogens (tertiary/aromatic N) is 3. The molecular weight excluding hydrogens is 330 g/mol. The Bertz CT molecular complexity index is 1060. The summed E-state index contributed by atoms with van der Waals surface area (Å²) in [6.07, 6.45) is 0. The van der Waals surface area contributed by atoms with E-state index in [0.717, 1.165) is 21.4 Å². The summed E-state index contributed by atoms with van der Waals surface area (Å²) in [7, 11) is 3.26. The second-order valence-corrected chi connectivity index (χ2v) is 6.71. The molecule has 1 aromatic carbocycles. The van der Waals surface area contributed by atoms with Gasteiger partial charge in [0.1, 0.15) is 5.56 Å². The van der Waals surface area contributed by atoms with E-state index in [1.54, 1.807) is 31.6 Å². The second kappa shape index (κ2) is 6.12. The minimum atomic E-state index is -0.191. The smallest absolute Gasteiger partial charge is 0.227 e. The van der Waals surface area contributed by atoms with Crippen LogP contribution in [0.25, 0.3) is 10.9 Å². The van der Waals surface area contributed by atoms with Crippen LogP contribution in [0.2, 0.25) is 0 Å². The van der Waals surface area contributed by atoms with Crippen LogP contribution in [0.3, 0.4) is 0 Å². The maximum absolute atomic E-state index is 13.4. The third-order valence-electron chi connectivity index (χ3n) is 5.20. The highest BCUT2D eigenvalue weighted by molar-refractivity contribution is 6.18. The fourth-order valence-electron chi connectivity index (χ4n) is 3.57. The quantitative estimate of drug-likeness (QED) is 0.412. The van der Waals surface area contributed by atoms with Gasteiger partial charge in [-0.15, -0.1) is 0 Å². The summed E-state index contributed by atoms with van der Waals surface area (Å²) in [6.45, 7) is 9.33. The van der Waals surface area contributed by atoms with Crippen LogP contribution >= 0.6 is 0 Å². The highest BCUT2D eigenvalue weighted by Gasteiger charge is 2.28. The van der Waals surface area contributed by atoms with Crippen molar-refractivity contribution in [3.63, 3.8) is 0 Å². The molecule has 0 saturated heterocycles. The Labute approximate surface area is 152 Å². The van der Waals surface area contributed by atoms with E-state index in [4.69, 9.17) is 4.74 Å². The number of ketones is 1. The van der Waals surface area contributed by atoms with Crippen molar-refractivity contribution in [3.05, 3.63) is 56.5 Å². The van der Waals surface area contributed by atoms with Gasteiger partial charge < -0.3 is 9.94 Å². The monoisotopic (exact) mass is 353 g/mol. The van der Waals surface area contributed by atoms with E-state index in [-0.39, 0.29) is 5.78 Å². The summed E-state index contributed by atoms with van der Waals surface area (Å²) < 4.78 is 7.86. The van der Waals surface area contributed by atoms with Crippen LogP contribution in [-0.2, 0) is 7.05 Å². The zero-order chi connectivity index (χ0) is 19.3. The van der Waals surface area contributed by atoms with Crippen LogP contribution in [0.5, 0.6) is 5.88 Å². The number of hydrogen-bond acceptors (Lipinski definition) is 4. The van der Waals surface area contributed by atoms with Crippen molar-refractivity contribution in [3.8, 4) is 5.88 Å². The number of carbonyl (C=O) groups excluding carboxylic acids is 1. The highest BCUT2D eigenvalue weighted by atomic mass is 16.5. The van der Waals surface area contributed by atoms with Gasteiger partial charge in [0.25, 0.3) is 0 Å². The van der Waals surface area contributed by atoms with Gasteiger partial charge in [0.2, 0.25) is 17.2 Å². The molecule has 0 saturated carbocycles. The number of rotatable bonds is 3. The summed E-state index contributed by atoms with van der Waals surface area (Å²) in [5, 5.41) is 17.8. The molecule has 3 rings (SSSR count). The van der Waals surface area contributed by atoms with E-state index < -0.39 is 0 Å². The molecule has 26 heavy (non-hydrogen) atoms. The molecule has 0 unspecified atom stereocenters. The molecule has 0 atom stereocenters. The van der Waals surface area contributed by atoms with Gasteiger partial charge in [0.05, 0.1) is 18.2 Å². The van der Waals surface area contributed by atoms with Gasteiger partial charge >= 0.3 is 0 Å². The average molecular weight is 353 g/mol. The van der Waals surface area contributed by atoms with E-state index >= 15 is 0 Å². The van der Waals surface area contributed by atoms with Crippen LogP contribution in [0.1, 0.15) is 44.0 Å².